The van der Waals surface area contributed by atoms with Gasteiger partial charge in [-0.1, -0.05) is 12.8 Å². The van der Waals surface area contributed by atoms with Crippen LogP contribution in [0.4, 0.5) is 0 Å². The minimum absolute atomic E-state index is 0.0140. The van der Waals surface area contributed by atoms with Gasteiger partial charge in [-0.3, -0.25) is 4.79 Å². The third-order valence-electron chi connectivity index (χ3n) is 3.06. The van der Waals surface area contributed by atoms with Crippen molar-refractivity contribution in [2.45, 2.75) is 39.0 Å². The summed E-state index contributed by atoms with van der Waals surface area (Å²) >= 11 is 0. The third kappa shape index (κ3) is 2.78. The molecule has 0 aliphatic heterocycles. The minimum Gasteiger partial charge on any atom is -0.273 e. The number of aromatic nitrogens is 2. The molecule has 1 aromatic heterocycles. The number of aliphatic imine (C=N–C) groups is 1. The SMILES string of the molecule is CC(=NC(=O)CC1CCCC1)n1cccn1. The Labute approximate surface area is 95.4 Å². The van der Waals surface area contributed by atoms with Crippen LogP contribution in [0.25, 0.3) is 0 Å². The molecule has 0 aromatic carbocycles. The monoisotopic (exact) mass is 219 g/mol. The first kappa shape index (κ1) is 11.0. The minimum atomic E-state index is -0.0140. The average Bonchev–Trinajstić information content (AvgIpc) is 2.88. The van der Waals surface area contributed by atoms with Crippen molar-refractivity contribution in [3.05, 3.63) is 18.5 Å². The number of amides is 1. The summed E-state index contributed by atoms with van der Waals surface area (Å²) in [6.07, 6.45) is 8.96. The van der Waals surface area contributed by atoms with Crippen molar-refractivity contribution in [2.75, 3.05) is 0 Å². The van der Waals surface area contributed by atoms with Crippen LogP contribution in [0.5, 0.6) is 0 Å². The largest absolute Gasteiger partial charge is 0.273 e. The number of hydrogen-bond acceptors (Lipinski definition) is 2. The van der Waals surface area contributed by atoms with E-state index in [4.69, 9.17) is 0 Å². The molecule has 1 fully saturated rings. The number of rotatable bonds is 2. The molecule has 86 valence electrons. The van der Waals surface area contributed by atoms with Crippen LogP contribution < -0.4 is 0 Å². The van der Waals surface area contributed by atoms with E-state index >= 15 is 0 Å². The predicted octanol–water partition coefficient (Wildman–Crippen LogP) is 2.26. The number of nitrogens with zero attached hydrogens (tertiary/aromatic N) is 3. The molecule has 0 spiro atoms. The van der Waals surface area contributed by atoms with Crippen LogP contribution in [0.1, 0.15) is 39.0 Å². The highest BCUT2D eigenvalue weighted by atomic mass is 16.1. The van der Waals surface area contributed by atoms with Crippen LogP contribution in [-0.2, 0) is 4.79 Å². The second-order valence-electron chi connectivity index (χ2n) is 4.36. The quantitative estimate of drug-likeness (QED) is 0.565. The Balaban J connectivity index is 1.92. The Morgan fingerprint density at radius 2 is 2.25 bits per heavy atom. The van der Waals surface area contributed by atoms with Gasteiger partial charge in [-0.25, -0.2) is 4.68 Å². The maximum absolute atomic E-state index is 11.7. The van der Waals surface area contributed by atoms with E-state index < -0.39 is 0 Å². The first-order chi connectivity index (χ1) is 7.75. The van der Waals surface area contributed by atoms with Gasteiger partial charge in [-0.15, -0.1) is 0 Å². The molecule has 0 saturated heterocycles. The summed E-state index contributed by atoms with van der Waals surface area (Å²) < 4.78 is 1.62. The molecule has 1 heterocycles. The molecule has 1 aromatic rings. The Morgan fingerprint density at radius 3 is 2.88 bits per heavy atom. The highest BCUT2D eigenvalue weighted by molar-refractivity contribution is 5.93. The van der Waals surface area contributed by atoms with E-state index in [9.17, 15) is 4.79 Å². The fraction of sp³-hybridized carbons (Fsp3) is 0.583. The third-order valence-corrected chi connectivity index (χ3v) is 3.06. The van der Waals surface area contributed by atoms with Crippen LogP contribution in [-0.4, -0.2) is 21.5 Å². The van der Waals surface area contributed by atoms with Gasteiger partial charge in [0.2, 0.25) is 5.91 Å². The molecular formula is C12H17N3O. The van der Waals surface area contributed by atoms with Crippen LogP contribution >= 0.6 is 0 Å². The molecule has 0 N–H and O–H groups in total. The summed E-state index contributed by atoms with van der Waals surface area (Å²) in [7, 11) is 0. The number of hydrogen-bond donors (Lipinski definition) is 0. The van der Waals surface area contributed by atoms with Crippen molar-refractivity contribution in [2.24, 2.45) is 10.9 Å². The maximum Gasteiger partial charge on any atom is 0.247 e. The van der Waals surface area contributed by atoms with E-state index in [1.807, 2.05) is 6.07 Å². The Morgan fingerprint density at radius 1 is 1.50 bits per heavy atom. The van der Waals surface area contributed by atoms with Crippen LogP contribution in [0.3, 0.4) is 0 Å². The molecule has 4 heteroatoms. The van der Waals surface area contributed by atoms with Crippen molar-refractivity contribution in [3.63, 3.8) is 0 Å². The zero-order valence-electron chi connectivity index (χ0n) is 9.59. The van der Waals surface area contributed by atoms with Crippen molar-refractivity contribution >= 4 is 11.7 Å². The van der Waals surface area contributed by atoms with Gasteiger partial charge < -0.3 is 0 Å². The van der Waals surface area contributed by atoms with Gasteiger partial charge in [-0.2, -0.15) is 10.1 Å². The lowest BCUT2D eigenvalue weighted by Gasteiger charge is -2.05. The summed E-state index contributed by atoms with van der Waals surface area (Å²) in [6.45, 7) is 1.81. The molecule has 0 radical (unpaired) electrons. The first-order valence-corrected chi connectivity index (χ1v) is 5.84. The summed E-state index contributed by atoms with van der Waals surface area (Å²) in [5, 5.41) is 4.03. The van der Waals surface area contributed by atoms with Crippen molar-refractivity contribution in [1.29, 1.82) is 0 Å². The molecular weight excluding hydrogens is 202 g/mol. The van der Waals surface area contributed by atoms with Gasteiger partial charge in [0.05, 0.1) is 0 Å². The molecule has 16 heavy (non-hydrogen) atoms. The molecule has 0 bridgehead atoms. The molecule has 0 unspecified atom stereocenters. The van der Waals surface area contributed by atoms with E-state index in [0.29, 0.717) is 18.2 Å². The summed E-state index contributed by atoms with van der Waals surface area (Å²) in [4.78, 5) is 15.7. The standard InChI is InChI=1S/C12H17N3O/c1-10(15-8-4-7-13-15)14-12(16)9-11-5-2-3-6-11/h4,7-8,11H,2-3,5-6,9H2,1H3. The number of carbonyl (C=O) groups is 1. The van der Waals surface area contributed by atoms with Crippen LogP contribution in [0.2, 0.25) is 0 Å². The molecule has 4 nitrogen and oxygen atoms in total. The highest BCUT2D eigenvalue weighted by Gasteiger charge is 2.18. The summed E-state index contributed by atoms with van der Waals surface area (Å²) in [6, 6.07) is 1.82. The summed E-state index contributed by atoms with van der Waals surface area (Å²) in [5.74, 6) is 1.19. The fourth-order valence-corrected chi connectivity index (χ4v) is 2.20. The molecule has 1 aliphatic carbocycles. The normalized spacial score (nSPS) is 17.9. The second-order valence-corrected chi connectivity index (χ2v) is 4.36. The Kier molecular flexibility index (Phi) is 3.49. The first-order valence-electron chi connectivity index (χ1n) is 5.84. The van der Waals surface area contributed by atoms with Gasteiger partial charge in [0, 0.05) is 18.8 Å². The van der Waals surface area contributed by atoms with Gasteiger partial charge in [0.15, 0.2) is 0 Å². The second kappa shape index (κ2) is 5.05. The zero-order chi connectivity index (χ0) is 11.4. The fourth-order valence-electron chi connectivity index (χ4n) is 2.20. The van der Waals surface area contributed by atoms with Crippen molar-refractivity contribution in [1.82, 2.24) is 9.78 Å². The topological polar surface area (TPSA) is 47.2 Å². The highest BCUT2D eigenvalue weighted by Crippen LogP contribution is 2.27. The summed E-state index contributed by atoms with van der Waals surface area (Å²) in [5.41, 5.74) is 0. The Bertz CT molecular complexity index is 375. The van der Waals surface area contributed by atoms with E-state index in [1.165, 1.54) is 25.7 Å². The van der Waals surface area contributed by atoms with Crippen molar-refractivity contribution < 1.29 is 4.79 Å². The lowest BCUT2D eigenvalue weighted by Crippen LogP contribution is -2.12. The molecule has 1 amide bonds. The lowest BCUT2D eigenvalue weighted by molar-refractivity contribution is -0.118. The lowest BCUT2D eigenvalue weighted by atomic mass is 10.0. The molecule has 1 aliphatic rings. The van der Waals surface area contributed by atoms with Gasteiger partial charge in [0.1, 0.15) is 5.84 Å². The van der Waals surface area contributed by atoms with Gasteiger partial charge in [0.25, 0.3) is 0 Å². The predicted molar refractivity (Wildman–Crippen MR) is 62.3 cm³/mol. The van der Waals surface area contributed by atoms with Crippen LogP contribution in [0.15, 0.2) is 23.5 Å². The van der Waals surface area contributed by atoms with E-state index in [-0.39, 0.29) is 5.91 Å². The van der Waals surface area contributed by atoms with Crippen LogP contribution in [0, 0.1) is 5.92 Å². The smallest absolute Gasteiger partial charge is 0.247 e. The van der Waals surface area contributed by atoms with E-state index in [1.54, 1.807) is 24.0 Å². The van der Waals surface area contributed by atoms with E-state index in [0.717, 1.165) is 0 Å². The van der Waals surface area contributed by atoms with Gasteiger partial charge >= 0.3 is 0 Å². The maximum atomic E-state index is 11.7. The molecule has 1 saturated carbocycles. The zero-order valence-corrected chi connectivity index (χ0v) is 9.59. The van der Waals surface area contributed by atoms with E-state index in [2.05, 4.69) is 10.1 Å². The van der Waals surface area contributed by atoms with Gasteiger partial charge in [-0.05, 0) is 31.7 Å². The Hall–Kier alpha value is -1.45. The van der Waals surface area contributed by atoms with Crippen molar-refractivity contribution in [3.8, 4) is 0 Å². The average molecular weight is 219 g/mol. The molecule has 0 atom stereocenters. The number of carbonyl (C=O) groups excluding carboxylic acids is 1. The molecule has 2 rings (SSSR count).